The molecule has 17 heavy (non-hydrogen) atoms. The summed E-state index contributed by atoms with van der Waals surface area (Å²) in [6, 6.07) is -0.235. The van der Waals surface area contributed by atoms with Gasteiger partial charge in [0.1, 0.15) is 10.9 Å². The molecule has 0 aliphatic carbocycles. The minimum atomic E-state index is -0.235. The second-order valence-corrected chi connectivity index (χ2v) is 6.28. The van der Waals surface area contributed by atoms with Gasteiger partial charge >= 0.3 is 5.97 Å². The summed E-state index contributed by atoms with van der Waals surface area (Å²) >= 11 is 1.71. The second-order valence-electron chi connectivity index (χ2n) is 4.87. The number of rotatable bonds is 2. The number of ether oxygens (including phenoxy) is 1. The maximum atomic E-state index is 11.7. The lowest BCUT2D eigenvalue weighted by atomic mass is 10.0. The molecule has 2 fully saturated rings. The molecule has 0 unspecified atom stereocenters. The predicted molar refractivity (Wildman–Crippen MR) is 65.5 cm³/mol. The quantitative estimate of drug-likeness (QED) is 0.710. The third-order valence-electron chi connectivity index (χ3n) is 3.15. The Morgan fingerprint density at radius 3 is 2.65 bits per heavy atom. The van der Waals surface area contributed by atoms with Crippen LogP contribution in [0.2, 0.25) is 0 Å². The number of nitrogens with zero attached hydrogens (tertiary/aromatic N) is 1. The van der Waals surface area contributed by atoms with Crippen LogP contribution >= 0.6 is 11.8 Å². The summed E-state index contributed by atoms with van der Waals surface area (Å²) in [5, 5.41) is 3.27. The zero-order valence-corrected chi connectivity index (χ0v) is 11.2. The molecule has 2 aliphatic heterocycles. The third kappa shape index (κ3) is 2.28. The third-order valence-corrected chi connectivity index (χ3v) is 4.58. The van der Waals surface area contributed by atoms with Gasteiger partial charge in [-0.25, -0.2) is 0 Å². The predicted octanol–water partition coefficient (Wildman–Crippen LogP) is 0.0589. The van der Waals surface area contributed by atoms with Crippen LogP contribution in [0.4, 0.5) is 0 Å². The number of amides is 1. The summed E-state index contributed by atoms with van der Waals surface area (Å²) in [4.78, 5) is 24.8. The van der Waals surface area contributed by atoms with Gasteiger partial charge in [0.25, 0.3) is 0 Å². The molecule has 96 valence electrons. The zero-order chi connectivity index (χ0) is 12.6. The fourth-order valence-electron chi connectivity index (χ4n) is 2.19. The Hall–Kier alpha value is -0.750. The van der Waals surface area contributed by atoms with E-state index >= 15 is 0 Å². The van der Waals surface area contributed by atoms with Crippen molar-refractivity contribution in [2.45, 2.75) is 24.8 Å². The van der Waals surface area contributed by atoms with Crippen LogP contribution < -0.4 is 5.32 Å². The van der Waals surface area contributed by atoms with Crippen LogP contribution in [0.5, 0.6) is 0 Å². The van der Waals surface area contributed by atoms with Gasteiger partial charge in [-0.3, -0.25) is 14.9 Å². The van der Waals surface area contributed by atoms with E-state index in [-0.39, 0.29) is 28.7 Å². The van der Waals surface area contributed by atoms with Crippen molar-refractivity contribution in [2.75, 3.05) is 26.0 Å². The zero-order valence-electron chi connectivity index (χ0n) is 10.4. The summed E-state index contributed by atoms with van der Waals surface area (Å²) in [6.07, 6.45) is 0. The van der Waals surface area contributed by atoms with Crippen molar-refractivity contribution in [3.8, 4) is 0 Å². The molecule has 6 heteroatoms. The molecule has 2 heterocycles. The number of methoxy groups -OCH3 is 1. The summed E-state index contributed by atoms with van der Waals surface area (Å²) < 4.78 is 4.71. The number of nitrogens with one attached hydrogen (secondary N) is 1. The smallest absolute Gasteiger partial charge is 0.323 e. The van der Waals surface area contributed by atoms with Gasteiger partial charge in [0.05, 0.1) is 20.2 Å². The molecule has 1 atom stereocenters. The van der Waals surface area contributed by atoms with E-state index in [1.165, 1.54) is 7.11 Å². The lowest BCUT2D eigenvalue weighted by molar-refractivity contribution is -0.144. The summed E-state index contributed by atoms with van der Waals surface area (Å²) in [5.74, 6) is 0.717. The van der Waals surface area contributed by atoms with E-state index in [0.717, 1.165) is 5.75 Å². The van der Waals surface area contributed by atoms with E-state index in [2.05, 4.69) is 5.32 Å². The van der Waals surface area contributed by atoms with Crippen molar-refractivity contribution in [1.82, 2.24) is 10.2 Å². The number of carbonyl (C=O) groups is 2. The van der Waals surface area contributed by atoms with Crippen molar-refractivity contribution < 1.29 is 14.3 Å². The number of esters is 1. The van der Waals surface area contributed by atoms with Gasteiger partial charge in [-0.15, -0.1) is 11.8 Å². The molecule has 2 rings (SSSR count). The number of likely N-dealkylation sites (tertiary alicyclic amines) is 1. The Bertz CT molecular complexity index is 340. The Labute approximate surface area is 105 Å². The Morgan fingerprint density at radius 1 is 1.47 bits per heavy atom. The Morgan fingerprint density at radius 2 is 2.12 bits per heavy atom. The molecular formula is C11H18N2O3S. The highest BCUT2D eigenvalue weighted by molar-refractivity contribution is 8.01. The van der Waals surface area contributed by atoms with Crippen LogP contribution in [0, 0.1) is 5.92 Å². The molecule has 0 bridgehead atoms. The van der Waals surface area contributed by atoms with Crippen LogP contribution in [0.1, 0.15) is 13.8 Å². The highest BCUT2D eigenvalue weighted by Gasteiger charge is 2.52. The van der Waals surface area contributed by atoms with Crippen LogP contribution in [-0.4, -0.2) is 53.6 Å². The minimum Gasteiger partial charge on any atom is -0.468 e. The average molecular weight is 258 g/mol. The van der Waals surface area contributed by atoms with Crippen molar-refractivity contribution in [1.29, 1.82) is 0 Å². The molecule has 1 N–H and O–H groups in total. The first kappa shape index (κ1) is 12.7. The molecule has 1 spiro atoms. The largest absolute Gasteiger partial charge is 0.468 e. The van der Waals surface area contributed by atoms with E-state index in [1.54, 1.807) is 11.8 Å². The van der Waals surface area contributed by atoms with Crippen molar-refractivity contribution >= 4 is 23.6 Å². The first-order valence-electron chi connectivity index (χ1n) is 5.76. The van der Waals surface area contributed by atoms with E-state index in [0.29, 0.717) is 13.1 Å². The van der Waals surface area contributed by atoms with Crippen molar-refractivity contribution in [3.63, 3.8) is 0 Å². The number of carbonyl (C=O) groups excluding carboxylic acids is 2. The van der Waals surface area contributed by atoms with Gasteiger partial charge in [0, 0.05) is 11.7 Å². The van der Waals surface area contributed by atoms with Crippen LogP contribution in [-0.2, 0) is 14.3 Å². The van der Waals surface area contributed by atoms with Crippen molar-refractivity contribution in [3.05, 3.63) is 0 Å². The van der Waals surface area contributed by atoms with E-state index in [1.807, 2.05) is 18.7 Å². The maximum absolute atomic E-state index is 11.7. The molecule has 5 nitrogen and oxygen atoms in total. The first-order chi connectivity index (χ1) is 7.97. The number of thioether (sulfide) groups is 1. The van der Waals surface area contributed by atoms with Gasteiger partial charge in [-0.1, -0.05) is 13.8 Å². The minimum absolute atomic E-state index is 0.0372. The summed E-state index contributed by atoms with van der Waals surface area (Å²) in [6.45, 7) is 5.17. The molecule has 1 amide bonds. The molecule has 0 saturated carbocycles. The fraction of sp³-hybridized carbons (Fsp3) is 0.818. The second kappa shape index (κ2) is 4.49. The van der Waals surface area contributed by atoms with E-state index < -0.39 is 0 Å². The normalized spacial score (nSPS) is 26.1. The molecular weight excluding hydrogens is 240 g/mol. The van der Waals surface area contributed by atoms with Gasteiger partial charge in [-0.05, 0) is 0 Å². The standard InChI is InChI=1S/C11H18N2O3S/c1-7(2)9(14)13-5-11(6-13)12-8(4-17-11)10(15)16-3/h7-8,12H,4-6H2,1-3H3/t8-/m0/s1. The lowest BCUT2D eigenvalue weighted by Gasteiger charge is -2.48. The SMILES string of the molecule is COC(=O)[C@@H]1CSC2(CN(C(=O)C(C)C)C2)N1. The lowest BCUT2D eigenvalue weighted by Crippen LogP contribution is -2.68. The fourth-order valence-corrected chi connectivity index (χ4v) is 3.61. The highest BCUT2D eigenvalue weighted by atomic mass is 32.2. The van der Waals surface area contributed by atoms with Gasteiger partial charge in [0.15, 0.2) is 0 Å². The Kier molecular flexibility index (Phi) is 3.36. The van der Waals surface area contributed by atoms with Crippen molar-refractivity contribution in [2.24, 2.45) is 5.92 Å². The summed E-state index contributed by atoms with van der Waals surface area (Å²) in [5.41, 5.74) is 0. The average Bonchev–Trinajstić information content (AvgIpc) is 2.69. The Balaban J connectivity index is 1.87. The van der Waals surface area contributed by atoms with Gasteiger partial charge < -0.3 is 9.64 Å². The molecule has 2 aliphatic rings. The highest BCUT2D eigenvalue weighted by Crippen LogP contribution is 2.39. The summed E-state index contributed by atoms with van der Waals surface area (Å²) in [7, 11) is 1.40. The maximum Gasteiger partial charge on any atom is 0.323 e. The molecule has 0 aromatic heterocycles. The van der Waals surface area contributed by atoms with Crippen LogP contribution in [0.15, 0.2) is 0 Å². The number of hydrogen-bond donors (Lipinski definition) is 1. The molecule has 0 radical (unpaired) electrons. The first-order valence-corrected chi connectivity index (χ1v) is 6.74. The van der Waals surface area contributed by atoms with Gasteiger partial charge in [0.2, 0.25) is 5.91 Å². The van der Waals surface area contributed by atoms with Crippen LogP contribution in [0.3, 0.4) is 0 Å². The molecule has 0 aromatic carbocycles. The van der Waals surface area contributed by atoms with E-state index in [9.17, 15) is 9.59 Å². The van der Waals surface area contributed by atoms with Gasteiger partial charge in [-0.2, -0.15) is 0 Å². The van der Waals surface area contributed by atoms with E-state index in [4.69, 9.17) is 4.74 Å². The number of hydrogen-bond acceptors (Lipinski definition) is 5. The molecule has 0 aromatic rings. The molecule has 2 saturated heterocycles. The topological polar surface area (TPSA) is 58.6 Å². The monoisotopic (exact) mass is 258 g/mol. The van der Waals surface area contributed by atoms with Crippen LogP contribution in [0.25, 0.3) is 0 Å².